The number of nitrogens with zero attached hydrogens (tertiary/aromatic N) is 1. The molecule has 0 radical (unpaired) electrons. The predicted molar refractivity (Wildman–Crippen MR) is 79.0 cm³/mol. The third kappa shape index (κ3) is 4.53. The maximum absolute atomic E-state index is 10.4. The quantitative estimate of drug-likeness (QED) is 0.813. The summed E-state index contributed by atoms with van der Waals surface area (Å²) >= 11 is 3.52. The number of carboxylic acid groups (broad SMARTS) is 1. The van der Waals surface area contributed by atoms with Gasteiger partial charge in [0, 0.05) is 24.1 Å². The van der Waals surface area contributed by atoms with Crippen LogP contribution in [-0.2, 0) is 4.79 Å². The van der Waals surface area contributed by atoms with Gasteiger partial charge in [-0.2, -0.15) is 0 Å². The first-order valence-corrected chi connectivity index (χ1v) is 6.75. The van der Waals surface area contributed by atoms with Crippen molar-refractivity contribution in [2.45, 2.75) is 19.8 Å². The summed E-state index contributed by atoms with van der Waals surface area (Å²) in [5.41, 5.74) is 1.99. The molecule has 0 atom stereocenters. The van der Waals surface area contributed by atoms with Gasteiger partial charge in [-0.25, -0.2) is 4.79 Å². The van der Waals surface area contributed by atoms with E-state index in [1.165, 1.54) is 6.42 Å². The zero-order valence-corrected chi connectivity index (χ0v) is 12.3. The van der Waals surface area contributed by atoms with Gasteiger partial charge in [-0.1, -0.05) is 19.4 Å². The molecule has 0 fully saturated rings. The van der Waals surface area contributed by atoms with Gasteiger partial charge in [0.2, 0.25) is 0 Å². The summed E-state index contributed by atoms with van der Waals surface area (Å²) in [7, 11) is 2.06. The average molecular weight is 312 g/mol. The molecule has 0 bridgehead atoms. The molecule has 0 aliphatic carbocycles. The number of unbranched alkanes of at least 4 members (excludes halogenated alkanes) is 1. The van der Waals surface area contributed by atoms with Crippen molar-refractivity contribution in [3.05, 3.63) is 34.3 Å². The molecule has 3 nitrogen and oxygen atoms in total. The van der Waals surface area contributed by atoms with Crippen LogP contribution in [0.25, 0.3) is 6.08 Å². The average Bonchev–Trinajstić information content (AvgIpc) is 2.33. The van der Waals surface area contributed by atoms with Crippen LogP contribution < -0.4 is 4.90 Å². The first-order valence-electron chi connectivity index (χ1n) is 5.96. The molecule has 0 saturated carbocycles. The molecule has 0 aromatic heterocycles. The largest absolute Gasteiger partial charge is 0.478 e. The second-order valence-corrected chi connectivity index (χ2v) is 5.01. The molecule has 1 N–H and O–H groups in total. The normalized spacial score (nSPS) is 10.8. The Labute approximate surface area is 116 Å². The van der Waals surface area contributed by atoms with Crippen molar-refractivity contribution in [2.75, 3.05) is 18.5 Å². The molecular formula is C14H18BrNO2. The van der Waals surface area contributed by atoms with E-state index in [-0.39, 0.29) is 0 Å². The van der Waals surface area contributed by atoms with Crippen molar-refractivity contribution >= 4 is 33.7 Å². The minimum absolute atomic E-state index is 0.872. The Morgan fingerprint density at radius 2 is 2.22 bits per heavy atom. The summed E-state index contributed by atoms with van der Waals surface area (Å²) in [5.74, 6) is -0.935. The lowest BCUT2D eigenvalue weighted by atomic mass is 10.2. The van der Waals surface area contributed by atoms with Crippen LogP contribution in [0.4, 0.5) is 5.69 Å². The zero-order chi connectivity index (χ0) is 13.5. The lowest BCUT2D eigenvalue weighted by Crippen LogP contribution is -2.18. The van der Waals surface area contributed by atoms with Gasteiger partial charge in [-0.3, -0.25) is 0 Å². The fourth-order valence-electron chi connectivity index (χ4n) is 1.62. The summed E-state index contributed by atoms with van der Waals surface area (Å²) < 4.78 is 0.980. The molecule has 0 amide bonds. The molecule has 18 heavy (non-hydrogen) atoms. The molecule has 0 saturated heterocycles. The van der Waals surface area contributed by atoms with Crippen LogP contribution in [0.1, 0.15) is 25.3 Å². The van der Waals surface area contributed by atoms with Crippen LogP contribution in [0.15, 0.2) is 28.7 Å². The minimum atomic E-state index is -0.935. The Morgan fingerprint density at radius 1 is 1.50 bits per heavy atom. The van der Waals surface area contributed by atoms with Gasteiger partial charge in [-0.15, -0.1) is 0 Å². The van der Waals surface area contributed by atoms with E-state index in [2.05, 4.69) is 34.8 Å². The zero-order valence-electron chi connectivity index (χ0n) is 10.7. The number of rotatable bonds is 6. The third-order valence-corrected chi connectivity index (χ3v) is 3.28. The number of aliphatic carboxylic acids is 1. The fraction of sp³-hybridized carbons (Fsp3) is 0.357. The molecule has 1 aromatic carbocycles. The van der Waals surface area contributed by atoms with Gasteiger partial charge in [0.15, 0.2) is 0 Å². The summed E-state index contributed by atoms with van der Waals surface area (Å²) in [5, 5.41) is 8.58. The molecule has 1 aromatic rings. The highest BCUT2D eigenvalue weighted by atomic mass is 79.9. The Balaban J connectivity index is 2.82. The highest BCUT2D eigenvalue weighted by Gasteiger charge is 2.05. The SMILES string of the molecule is CCCCN(C)c1ccc(/C=C/C(=O)O)cc1Br. The van der Waals surface area contributed by atoms with E-state index in [9.17, 15) is 4.79 Å². The topological polar surface area (TPSA) is 40.5 Å². The summed E-state index contributed by atoms with van der Waals surface area (Å²) in [6, 6.07) is 5.85. The number of carbonyl (C=O) groups is 1. The number of benzene rings is 1. The van der Waals surface area contributed by atoms with Crippen LogP contribution in [0.5, 0.6) is 0 Å². The minimum Gasteiger partial charge on any atom is -0.478 e. The summed E-state index contributed by atoms with van der Waals surface area (Å²) in [4.78, 5) is 12.6. The Bertz CT molecular complexity index is 443. The van der Waals surface area contributed by atoms with Crippen LogP contribution in [0.2, 0.25) is 0 Å². The highest BCUT2D eigenvalue weighted by Crippen LogP contribution is 2.27. The number of anilines is 1. The summed E-state index contributed by atoms with van der Waals surface area (Å²) in [6.45, 7) is 3.18. The van der Waals surface area contributed by atoms with E-state index in [1.807, 2.05) is 18.2 Å². The second-order valence-electron chi connectivity index (χ2n) is 4.16. The third-order valence-electron chi connectivity index (χ3n) is 2.65. The Hall–Kier alpha value is -1.29. The molecule has 4 heteroatoms. The van der Waals surface area contributed by atoms with Gasteiger partial charge >= 0.3 is 5.97 Å². The van der Waals surface area contributed by atoms with Crippen molar-refractivity contribution < 1.29 is 9.90 Å². The van der Waals surface area contributed by atoms with Crippen LogP contribution >= 0.6 is 15.9 Å². The highest BCUT2D eigenvalue weighted by molar-refractivity contribution is 9.10. The fourth-order valence-corrected chi connectivity index (χ4v) is 2.32. The van der Waals surface area contributed by atoms with Crippen LogP contribution in [-0.4, -0.2) is 24.7 Å². The Kier molecular flexibility index (Phi) is 5.92. The van der Waals surface area contributed by atoms with Crippen molar-refractivity contribution in [2.24, 2.45) is 0 Å². The summed E-state index contributed by atoms with van der Waals surface area (Å²) in [6.07, 6.45) is 5.05. The number of halogens is 1. The first kappa shape index (κ1) is 14.8. The second kappa shape index (κ2) is 7.21. The Morgan fingerprint density at radius 3 is 2.78 bits per heavy atom. The molecule has 98 valence electrons. The number of carboxylic acids is 1. The van der Waals surface area contributed by atoms with Gasteiger partial charge < -0.3 is 10.0 Å². The van der Waals surface area contributed by atoms with Crippen molar-refractivity contribution in [3.63, 3.8) is 0 Å². The van der Waals surface area contributed by atoms with Crippen molar-refractivity contribution in [1.29, 1.82) is 0 Å². The van der Waals surface area contributed by atoms with E-state index in [1.54, 1.807) is 6.08 Å². The molecule has 0 spiro atoms. The van der Waals surface area contributed by atoms with Gasteiger partial charge in [0.25, 0.3) is 0 Å². The monoisotopic (exact) mass is 311 g/mol. The molecule has 0 unspecified atom stereocenters. The van der Waals surface area contributed by atoms with Gasteiger partial charge in [0.1, 0.15) is 0 Å². The molecular weight excluding hydrogens is 294 g/mol. The smallest absolute Gasteiger partial charge is 0.328 e. The predicted octanol–water partition coefficient (Wildman–Crippen LogP) is 3.78. The van der Waals surface area contributed by atoms with E-state index in [0.29, 0.717) is 0 Å². The maximum Gasteiger partial charge on any atom is 0.328 e. The first-order chi connectivity index (χ1) is 8.54. The van der Waals surface area contributed by atoms with Crippen molar-refractivity contribution in [1.82, 2.24) is 0 Å². The molecule has 1 rings (SSSR count). The lowest BCUT2D eigenvalue weighted by Gasteiger charge is -2.20. The molecule has 0 heterocycles. The van der Waals surface area contributed by atoms with Gasteiger partial charge in [0.05, 0.1) is 5.69 Å². The van der Waals surface area contributed by atoms with E-state index < -0.39 is 5.97 Å². The van der Waals surface area contributed by atoms with E-state index >= 15 is 0 Å². The lowest BCUT2D eigenvalue weighted by molar-refractivity contribution is -0.131. The number of hydrogen-bond donors (Lipinski definition) is 1. The maximum atomic E-state index is 10.4. The molecule has 0 aliphatic rings. The molecule has 0 aliphatic heterocycles. The standard InChI is InChI=1S/C14H18BrNO2/c1-3-4-9-16(2)13-7-5-11(10-12(13)15)6-8-14(17)18/h5-8,10H,3-4,9H2,1-2H3,(H,17,18)/b8-6+. The van der Waals surface area contributed by atoms with Crippen LogP contribution in [0.3, 0.4) is 0 Å². The number of hydrogen-bond acceptors (Lipinski definition) is 2. The van der Waals surface area contributed by atoms with Crippen LogP contribution in [0, 0.1) is 0 Å². The van der Waals surface area contributed by atoms with Gasteiger partial charge in [-0.05, 0) is 46.1 Å². The van der Waals surface area contributed by atoms with Crippen molar-refractivity contribution in [3.8, 4) is 0 Å². The van der Waals surface area contributed by atoms with E-state index in [4.69, 9.17) is 5.11 Å². The van der Waals surface area contributed by atoms with E-state index in [0.717, 1.165) is 34.8 Å².